The van der Waals surface area contributed by atoms with Gasteiger partial charge >= 0.3 is 0 Å². The third-order valence-corrected chi connectivity index (χ3v) is 5.08. The molecule has 144 valence electrons. The maximum Gasteiger partial charge on any atom is 0.234 e. The second kappa shape index (κ2) is 8.10. The first-order chi connectivity index (χ1) is 13.2. The first-order valence-electron chi connectivity index (χ1n) is 9.40. The molecule has 3 heterocycles. The average Bonchev–Trinajstić information content (AvgIpc) is 3.19. The molecule has 1 amide bonds. The molecule has 0 spiro atoms. The van der Waals surface area contributed by atoms with E-state index in [0.717, 1.165) is 35.7 Å². The van der Waals surface area contributed by atoms with Gasteiger partial charge in [0.15, 0.2) is 0 Å². The number of fused-ring (bicyclic) bond motifs is 1. The van der Waals surface area contributed by atoms with Gasteiger partial charge in [-0.25, -0.2) is 0 Å². The van der Waals surface area contributed by atoms with E-state index in [1.165, 1.54) is 0 Å². The van der Waals surface area contributed by atoms with Crippen LogP contribution in [0.1, 0.15) is 17.0 Å². The number of aromatic nitrogens is 1. The minimum absolute atomic E-state index is 0.00146. The molecule has 1 fully saturated rings. The molecule has 2 unspecified atom stereocenters. The molecule has 1 aromatic heterocycles. The summed E-state index contributed by atoms with van der Waals surface area (Å²) >= 11 is 0. The molecule has 0 radical (unpaired) electrons. The van der Waals surface area contributed by atoms with Crippen LogP contribution in [0.5, 0.6) is 5.75 Å². The van der Waals surface area contributed by atoms with Gasteiger partial charge in [0, 0.05) is 37.1 Å². The standard InChI is InChI=1S/C20H25N3O4/c1-14-8-17(27-22-14)9-16-12-25-13-18(16)21-20(24)11-23-6-7-26-19-5-3-2-4-15(19)10-23/h2-5,8,16,18H,6-7,9-13H2,1H3,(H,21,24). The molecule has 4 rings (SSSR count). The first kappa shape index (κ1) is 18.0. The number of amides is 1. The number of nitrogens with zero attached hydrogens (tertiary/aromatic N) is 2. The van der Waals surface area contributed by atoms with Crippen molar-refractivity contribution in [3.8, 4) is 5.75 Å². The average molecular weight is 371 g/mol. The van der Waals surface area contributed by atoms with Crippen LogP contribution in [-0.2, 0) is 22.5 Å². The number of hydrogen-bond donors (Lipinski definition) is 1. The normalized spacial score (nSPS) is 22.7. The molecule has 0 aliphatic carbocycles. The van der Waals surface area contributed by atoms with E-state index in [2.05, 4.69) is 15.4 Å². The van der Waals surface area contributed by atoms with E-state index in [1.807, 2.05) is 37.3 Å². The zero-order valence-electron chi connectivity index (χ0n) is 15.5. The second-order valence-electron chi connectivity index (χ2n) is 7.28. The highest BCUT2D eigenvalue weighted by Gasteiger charge is 2.31. The topological polar surface area (TPSA) is 76.8 Å². The summed E-state index contributed by atoms with van der Waals surface area (Å²) in [5.41, 5.74) is 1.98. The quantitative estimate of drug-likeness (QED) is 0.859. The maximum absolute atomic E-state index is 12.6. The van der Waals surface area contributed by atoms with E-state index in [9.17, 15) is 4.79 Å². The summed E-state index contributed by atoms with van der Waals surface area (Å²) in [7, 11) is 0. The molecule has 1 N–H and O–H groups in total. The van der Waals surface area contributed by atoms with Crippen LogP contribution in [0.4, 0.5) is 0 Å². The van der Waals surface area contributed by atoms with Crippen molar-refractivity contribution in [3.05, 3.63) is 47.3 Å². The lowest BCUT2D eigenvalue weighted by atomic mass is 9.98. The third-order valence-electron chi connectivity index (χ3n) is 5.08. The Labute approximate surface area is 158 Å². The molecule has 2 aliphatic rings. The lowest BCUT2D eigenvalue weighted by Gasteiger charge is -2.22. The largest absolute Gasteiger partial charge is 0.492 e. The maximum atomic E-state index is 12.6. The van der Waals surface area contributed by atoms with Gasteiger partial charge in [-0.2, -0.15) is 0 Å². The predicted octanol–water partition coefficient (Wildman–Crippen LogP) is 1.55. The van der Waals surface area contributed by atoms with E-state index >= 15 is 0 Å². The number of para-hydroxylation sites is 1. The monoisotopic (exact) mass is 371 g/mol. The van der Waals surface area contributed by atoms with E-state index in [4.69, 9.17) is 14.0 Å². The minimum atomic E-state index is -0.00146. The lowest BCUT2D eigenvalue weighted by Crippen LogP contribution is -2.45. The smallest absolute Gasteiger partial charge is 0.234 e. The van der Waals surface area contributed by atoms with Gasteiger partial charge in [-0.05, 0) is 13.0 Å². The number of benzene rings is 1. The molecular weight excluding hydrogens is 346 g/mol. The fourth-order valence-electron chi connectivity index (χ4n) is 3.70. The van der Waals surface area contributed by atoms with Crippen LogP contribution in [0, 0.1) is 12.8 Å². The van der Waals surface area contributed by atoms with Crippen molar-refractivity contribution < 1.29 is 18.8 Å². The molecule has 7 heteroatoms. The Hall–Kier alpha value is -2.38. The Bertz CT molecular complexity index is 791. The Kier molecular flexibility index (Phi) is 5.40. The number of nitrogens with one attached hydrogen (secondary N) is 1. The Morgan fingerprint density at radius 3 is 3.07 bits per heavy atom. The van der Waals surface area contributed by atoms with Gasteiger partial charge < -0.3 is 19.3 Å². The van der Waals surface area contributed by atoms with Crippen LogP contribution >= 0.6 is 0 Å². The highest BCUT2D eigenvalue weighted by molar-refractivity contribution is 5.78. The number of ether oxygens (including phenoxy) is 2. The van der Waals surface area contributed by atoms with Crippen LogP contribution in [0.2, 0.25) is 0 Å². The fourth-order valence-corrected chi connectivity index (χ4v) is 3.70. The molecular formula is C20H25N3O4. The third kappa shape index (κ3) is 4.48. The van der Waals surface area contributed by atoms with Crippen molar-refractivity contribution in [2.75, 3.05) is 32.9 Å². The molecule has 7 nitrogen and oxygen atoms in total. The zero-order valence-corrected chi connectivity index (χ0v) is 15.5. The Morgan fingerprint density at radius 1 is 1.33 bits per heavy atom. The van der Waals surface area contributed by atoms with Crippen molar-refractivity contribution >= 4 is 5.91 Å². The van der Waals surface area contributed by atoms with Crippen LogP contribution < -0.4 is 10.1 Å². The van der Waals surface area contributed by atoms with Crippen molar-refractivity contribution in [2.45, 2.75) is 25.9 Å². The van der Waals surface area contributed by atoms with Gasteiger partial charge in [0.1, 0.15) is 18.1 Å². The molecule has 2 atom stereocenters. The van der Waals surface area contributed by atoms with E-state index < -0.39 is 0 Å². The molecule has 27 heavy (non-hydrogen) atoms. The molecule has 1 saturated heterocycles. The van der Waals surface area contributed by atoms with Crippen LogP contribution in [0.15, 0.2) is 34.9 Å². The molecule has 0 saturated carbocycles. The van der Waals surface area contributed by atoms with E-state index in [1.54, 1.807) is 0 Å². The SMILES string of the molecule is Cc1cc(CC2COCC2NC(=O)CN2CCOc3ccccc3C2)on1. The number of carbonyl (C=O) groups excluding carboxylic acids is 1. The number of carbonyl (C=O) groups is 1. The summed E-state index contributed by atoms with van der Waals surface area (Å²) < 4.78 is 16.7. The predicted molar refractivity (Wildman–Crippen MR) is 98.4 cm³/mol. The zero-order chi connectivity index (χ0) is 18.6. The van der Waals surface area contributed by atoms with Crippen molar-refractivity contribution in [2.24, 2.45) is 5.92 Å². The fraction of sp³-hybridized carbons (Fsp3) is 0.500. The summed E-state index contributed by atoms with van der Waals surface area (Å²) in [6.45, 7) is 5.44. The summed E-state index contributed by atoms with van der Waals surface area (Å²) in [6, 6.07) is 9.93. The summed E-state index contributed by atoms with van der Waals surface area (Å²) in [6.07, 6.45) is 0.719. The van der Waals surface area contributed by atoms with E-state index in [-0.39, 0.29) is 17.9 Å². The van der Waals surface area contributed by atoms with Gasteiger partial charge in [0.25, 0.3) is 0 Å². The molecule has 1 aromatic carbocycles. The van der Waals surface area contributed by atoms with Gasteiger partial charge in [0.05, 0.1) is 31.5 Å². The molecule has 2 aliphatic heterocycles. The van der Waals surface area contributed by atoms with Crippen molar-refractivity contribution in [3.63, 3.8) is 0 Å². The Balaban J connectivity index is 1.32. The number of rotatable bonds is 5. The van der Waals surface area contributed by atoms with Crippen molar-refractivity contribution in [1.82, 2.24) is 15.4 Å². The highest BCUT2D eigenvalue weighted by atomic mass is 16.5. The minimum Gasteiger partial charge on any atom is -0.492 e. The van der Waals surface area contributed by atoms with E-state index in [0.29, 0.717) is 32.9 Å². The van der Waals surface area contributed by atoms with Crippen molar-refractivity contribution in [1.29, 1.82) is 0 Å². The van der Waals surface area contributed by atoms with Gasteiger partial charge in [-0.3, -0.25) is 9.69 Å². The van der Waals surface area contributed by atoms with Gasteiger partial charge in [0.2, 0.25) is 5.91 Å². The lowest BCUT2D eigenvalue weighted by molar-refractivity contribution is -0.123. The van der Waals surface area contributed by atoms with Crippen LogP contribution in [0.3, 0.4) is 0 Å². The summed E-state index contributed by atoms with van der Waals surface area (Å²) in [5.74, 6) is 1.97. The molecule has 2 aromatic rings. The number of aryl methyl sites for hydroxylation is 1. The van der Waals surface area contributed by atoms with Gasteiger partial charge in [-0.1, -0.05) is 23.4 Å². The molecule has 0 bridgehead atoms. The van der Waals surface area contributed by atoms with Crippen LogP contribution in [0.25, 0.3) is 0 Å². The van der Waals surface area contributed by atoms with Crippen LogP contribution in [-0.4, -0.2) is 54.9 Å². The summed E-state index contributed by atoms with van der Waals surface area (Å²) in [4.78, 5) is 14.7. The summed E-state index contributed by atoms with van der Waals surface area (Å²) in [5, 5.41) is 7.07. The highest BCUT2D eigenvalue weighted by Crippen LogP contribution is 2.23. The van der Waals surface area contributed by atoms with Gasteiger partial charge in [-0.15, -0.1) is 0 Å². The second-order valence-corrected chi connectivity index (χ2v) is 7.28. The number of hydrogen-bond acceptors (Lipinski definition) is 6. The first-order valence-corrected chi connectivity index (χ1v) is 9.40. The Morgan fingerprint density at radius 2 is 2.22 bits per heavy atom.